The predicted octanol–water partition coefficient (Wildman–Crippen LogP) is 0.525. The standard InChI is InChI=1S/C20H38O7S.C4H4O4.Na/c1-5-9-11-16(7-3)14-26-19(21)13-18(28(23,24)25)20(22)27-15-17(8-4)12-10-6-2;5-3(6)1-2-4(7)8;/h16-18H,5-15H2,1-4H3,(H,23,24,25);1-2H,(H,5,6)(H,7,8);/q;;+1/p-1/b;2-1-;. The van der Waals surface area contributed by atoms with Gasteiger partial charge < -0.3 is 24.2 Å². The smallest absolute Gasteiger partial charge is 0.747 e. The van der Waals surface area contributed by atoms with E-state index in [-0.39, 0.29) is 54.6 Å². The van der Waals surface area contributed by atoms with Crippen LogP contribution in [0.2, 0.25) is 0 Å². The molecule has 0 aromatic heterocycles. The van der Waals surface area contributed by atoms with E-state index in [9.17, 15) is 32.1 Å². The van der Waals surface area contributed by atoms with Gasteiger partial charge in [0.15, 0.2) is 5.25 Å². The molecule has 3 unspecified atom stereocenters. The fourth-order valence-electron chi connectivity index (χ4n) is 2.96. The zero-order chi connectivity index (χ0) is 28.1. The summed E-state index contributed by atoms with van der Waals surface area (Å²) in [5.41, 5.74) is 0. The number of hydrogen-bond donors (Lipinski definition) is 2. The van der Waals surface area contributed by atoms with Crippen molar-refractivity contribution in [3.63, 3.8) is 0 Å². The van der Waals surface area contributed by atoms with E-state index in [0.29, 0.717) is 12.2 Å². The van der Waals surface area contributed by atoms with Crippen LogP contribution in [0.3, 0.4) is 0 Å². The van der Waals surface area contributed by atoms with Crippen LogP contribution < -0.4 is 29.6 Å². The largest absolute Gasteiger partial charge is 1.00 e. The molecule has 0 rings (SSSR count). The van der Waals surface area contributed by atoms with E-state index in [1.807, 2.05) is 13.8 Å². The molecule has 0 bridgehead atoms. The molecule has 0 radical (unpaired) electrons. The van der Waals surface area contributed by atoms with Crippen LogP contribution in [0, 0.1) is 11.8 Å². The summed E-state index contributed by atoms with van der Waals surface area (Å²) < 4.78 is 44.6. The maximum absolute atomic E-state index is 12.1. The average Bonchev–Trinajstić information content (AvgIpc) is 2.81. The van der Waals surface area contributed by atoms with Gasteiger partial charge in [0.2, 0.25) is 0 Å². The molecule has 0 amide bonds. The molecule has 0 spiro atoms. The fraction of sp³-hybridized carbons (Fsp3) is 0.750. The summed E-state index contributed by atoms with van der Waals surface area (Å²) >= 11 is 0. The van der Waals surface area contributed by atoms with Crippen molar-refractivity contribution in [2.45, 2.75) is 90.7 Å². The number of carboxylic acid groups (broad SMARTS) is 2. The number of esters is 2. The number of ether oxygens (including phenoxy) is 2. The molecule has 210 valence electrons. The van der Waals surface area contributed by atoms with Crippen LogP contribution >= 0.6 is 0 Å². The van der Waals surface area contributed by atoms with Crippen molar-refractivity contribution >= 4 is 34.0 Å². The molecular formula is C24H41NaO11S. The number of carbonyl (C=O) groups excluding carboxylic acids is 2. The van der Waals surface area contributed by atoms with Crippen molar-refractivity contribution in [1.29, 1.82) is 0 Å². The Morgan fingerprint density at radius 1 is 0.811 bits per heavy atom. The van der Waals surface area contributed by atoms with E-state index < -0.39 is 45.7 Å². The van der Waals surface area contributed by atoms with E-state index in [0.717, 1.165) is 51.4 Å². The Labute approximate surface area is 242 Å². The van der Waals surface area contributed by atoms with E-state index in [1.165, 1.54) is 0 Å². The van der Waals surface area contributed by atoms with Crippen molar-refractivity contribution < 1.29 is 81.4 Å². The van der Waals surface area contributed by atoms with Crippen molar-refractivity contribution in [3.05, 3.63) is 12.2 Å². The molecule has 37 heavy (non-hydrogen) atoms. The molecule has 0 aliphatic heterocycles. The van der Waals surface area contributed by atoms with Crippen LogP contribution in [-0.2, 0) is 38.8 Å². The maximum atomic E-state index is 12.1. The van der Waals surface area contributed by atoms with E-state index >= 15 is 0 Å². The Bertz CT molecular complexity index is 781. The van der Waals surface area contributed by atoms with Crippen molar-refractivity contribution in [2.75, 3.05) is 13.2 Å². The molecule has 0 saturated carbocycles. The Morgan fingerprint density at radius 3 is 1.54 bits per heavy atom. The molecule has 0 aliphatic rings. The number of carboxylic acids is 2. The van der Waals surface area contributed by atoms with Gasteiger partial charge in [0.25, 0.3) is 0 Å². The molecule has 0 aliphatic carbocycles. The molecule has 13 heteroatoms. The van der Waals surface area contributed by atoms with Gasteiger partial charge in [-0.15, -0.1) is 0 Å². The van der Waals surface area contributed by atoms with Gasteiger partial charge in [0, 0.05) is 12.2 Å². The number of rotatable bonds is 18. The van der Waals surface area contributed by atoms with Crippen LogP contribution in [0.4, 0.5) is 0 Å². The second kappa shape index (κ2) is 23.6. The summed E-state index contributed by atoms with van der Waals surface area (Å²) in [6.45, 7) is 8.26. The zero-order valence-corrected chi connectivity index (χ0v) is 25.5. The second-order valence-corrected chi connectivity index (χ2v) is 9.90. The Balaban J connectivity index is -0.00000110. The SMILES string of the molecule is CCCCC(CC)COC(=O)CC(C(=O)OCC(CC)CCCC)S(=O)(=O)[O-].O=C(O)/C=C\C(=O)O.[Na+]. The van der Waals surface area contributed by atoms with Crippen LogP contribution in [0.15, 0.2) is 12.2 Å². The van der Waals surface area contributed by atoms with Crippen LogP contribution in [0.1, 0.15) is 85.5 Å². The first-order chi connectivity index (χ1) is 16.8. The third-order valence-corrected chi connectivity index (χ3v) is 6.42. The number of carbonyl (C=O) groups is 4. The summed E-state index contributed by atoms with van der Waals surface area (Å²) in [6.07, 6.45) is 7.70. The molecule has 0 aromatic carbocycles. The normalized spacial score (nSPS) is 13.3. The van der Waals surface area contributed by atoms with Gasteiger partial charge >= 0.3 is 53.4 Å². The minimum atomic E-state index is -5.01. The van der Waals surface area contributed by atoms with Gasteiger partial charge in [-0.25, -0.2) is 18.0 Å². The molecule has 0 aromatic rings. The zero-order valence-electron chi connectivity index (χ0n) is 22.6. The van der Waals surface area contributed by atoms with Crippen molar-refractivity contribution in [3.8, 4) is 0 Å². The monoisotopic (exact) mass is 560 g/mol. The fourth-order valence-corrected chi connectivity index (χ4v) is 3.60. The molecule has 0 saturated heterocycles. The molecule has 3 atom stereocenters. The number of hydrogen-bond acceptors (Lipinski definition) is 9. The summed E-state index contributed by atoms with van der Waals surface area (Å²) in [5.74, 6) is -4.26. The topological polar surface area (TPSA) is 184 Å². The van der Waals surface area contributed by atoms with Crippen molar-refractivity contribution in [2.24, 2.45) is 11.8 Å². The van der Waals surface area contributed by atoms with Crippen LogP contribution in [0.5, 0.6) is 0 Å². The van der Waals surface area contributed by atoms with E-state index in [1.54, 1.807) is 0 Å². The molecular weight excluding hydrogens is 519 g/mol. The van der Waals surface area contributed by atoms with Gasteiger partial charge in [-0.05, 0) is 24.7 Å². The summed E-state index contributed by atoms with van der Waals surface area (Å²) in [5, 5.41) is 13.6. The van der Waals surface area contributed by atoms with Gasteiger partial charge in [-0.3, -0.25) is 9.59 Å². The average molecular weight is 561 g/mol. The summed E-state index contributed by atoms with van der Waals surface area (Å²) in [7, 11) is -5.01. The molecule has 2 N–H and O–H groups in total. The summed E-state index contributed by atoms with van der Waals surface area (Å²) in [6, 6.07) is 0. The quantitative estimate of drug-likeness (QED) is 0.103. The first-order valence-corrected chi connectivity index (χ1v) is 13.7. The first-order valence-electron chi connectivity index (χ1n) is 12.2. The second-order valence-electron chi connectivity index (χ2n) is 8.34. The predicted molar refractivity (Wildman–Crippen MR) is 131 cm³/mol. The number of unbranched alkanes of at least 4 members (excludes halogenated alkanes) is 2. The maximum Gasteiger partial charge on any atom is 1.00 e. The van der Waals surface area contributed by atoms with Crippen LogP contribution in [0.25, 0.3) is 0 Å². The third kappa shape index (κ3) is 23.4. The van der Waals surface area contributed by atoms with Crippen molar-refractivity contribution in [1.82, 2.24) is 0 Å². The first kappa shape index (κ1) is 40.0. The Morgan fingerprint density at radius 2 is 1.22 bits per heavy atom. The van der Waals surface area contributed by atoms with Crippen LogP contribution in [-0.4, -0.2) is 65.5 Å². The molecule has 11 nitrogen and oxygen atoms in total. The van der Waals surface area contributed by atoms with Gasteiger partial charge in [-0.1, -0.05) is 66.2 Å². The Kier molecular flexibility index (Phi) is 25.6. The van der Waals surface area contributed by atoms with Gasteiger partial charge in [0.05, 0.1) is 19.6 Å². The molecule has 0 heterocycles. The third-order valence-electron chi connectivity index (χ3n) is 5.36. The van der Waals surface area contributed by atoms with E-state index in [2.05, 4.69) is 13.8 Å². The molecule has 0 fully saturated rings. The van der Waals surface area contributed by atoms with E-state index in [4.69, 9.17) is 19.7 Å². The minimum Gasteiger partial charge on any atom is -0.747 e. The summed E-state index contributed by atoms with van der Waals surface area (Å²) in [4.78, 5) is 43.3. The Hall–Kier alpha value is -1.47. The number of aliphatic carboxylic acids is 2. The minimum absolute atomic E-state index is 0. The van der Waals surface area contributed by atoms with Gasteiger partial charge in [0.1, 0.15) is 10.1 Å². The van der Waals surface area contributed by atoms with Gasteiger partial charge in [-0.2, -0.15) is 0 Å².